The Morgan fingerprint density at radius 2 is 2.05 bits per heavy atom. The molecule has 3 nitrogen and oxygen atoms in total. The summed E-state index contributed by atoms with van der Waals surface area (Å²) in [6.07, 6.45) is 8.07. The van der Waals surface area contributed by atoms with Gasteiger partial charge in [0.2, 0.25) is 0 Å². The van der Waals surface area contributed by atoms with E-state index in [0.717, 1.165) is 19.1 Å². The minimum Gasteiger partial charge on any atom is -0.382 e. The molecule has 1 heterocycles. The lowest BCUT2D eigenvalue weighted by atomic mass is 9.87. The molecular weight excluding hydrogens is 248 g/mol. The van der Waals surface area contributed by atoms with Crippen LogP contribution in [0.2, 0.25) is 0 Å². The second kappa shape index (κ2) is 7.77. The van der Waals surface area contributed by atoms with Crippen molar-refractivity contribution in [3.8, 4) is 0 Å². The lowest BCUT2D eigenvalue weighted by Gasteiger charge is -2.49. The summed E-state index contributed by atoms with van der Waals surface area (Å²) in [5.74, 6) is 0.781. The molecule has 2 atom stereocenters. The van der Waals surface area contributed by atoms with Crippen molar-refractivity contribution >= 4 is 0 Å². The number of nitrogens with zero attached hydrogens (tertiary/aromatic N) is 1. The summed E-state index contributed by atoms with van der Waals surface area (Å²) in [5, 5.41) is 3.86. The molecule has 0 radical (unpaired) electrons. The smallest absolute Gasteiger partial charge is 0.0478 e. The highest BCUT2D eigenvalue weighted by Gasteiger charge is 2.43. The molecule has 1 N–H and O–H groups in total. The fourth-order valence-electron chi connectivity index (χ4n) is 3.95. The Hall–Kier alpha value is -0.120. The van der Waals surface area contributed by atoms with Gasteiger partial charge in [0.1, 0.15) is 0 Å². The van der Waals surface area contributed by atoms with Crippen molar-refractivity contribution in [3.05, 3.63) is 0 Å². The first-order valence-electron chi connectivity index (χ1n) is 8.78. The Labute approximate surface area is 125 Å². The predicted molar refractivity (Wildman–Crippen MR) is 85.1 cm³/mol. The van der Waals surface area contributed by atoms with E-state index >= 15 is 0 Å². The Morgan fingerprint density at radius 1 is 1.30 bits per heavy atom. The normalized spacial score (nSPS) is 28.1. The predicted octanol–water partition coefficient (Wildman–Crippen LogP) is 3.05. The third-order valence-corrected chi connectivity index (χ3v) is 5.57. The second-order valence-electron chi connectivity index (χ2n) is 6.80. The van der Waals surface area contributed by atoms with Crippen molar-refractivity contribution in [3.63, 3.8) is 0 Å². The monoisotopic (exact) mass is 282 g/mol. The number of ether oxygens (including phenoxy) is 1. The van der Waals surface area contributed by atoms with Crippen molar-refractivity contribution in [2.75, 3.05) is 32.8 Å². The summed E-state index contributed by atoms with van der Waals surface area (Å²) in [5.41, 5.74) is 0.468. The molecule has 3 heteroatoms. The molecule has 1 spiro atoms. The Kier molecular flexibility index (Phi) is 6.31. The van der Waals surface area contributed by atoms with Gasteiger partial charge in [-0.2, -0.15) is 0 Å². The molecule has 0 aromatic rings. The van der Waals surface area contributed by atoms with Gasteiger partial charge in [0.25, 0.3) is 0 Å². The first-order valence-corrected chi connectivity index (χ1v) is 8.78. The van der Waals surface area contributed by atoms with Crippen LogP contribution in [0.15, 0.2) is 0 Å². The third-order valence-electron chi connectivity index (χ3n) is 5.57. The third kappa shape index (κ3) is 3.75. The van der Waals surface area contributed by atoms with E-state index in [9.17, 15) is 0 Å². The molecule has 0 aromatic carbocycles. The number of hydrogen-bond donors (Lipinski definition) is 1. The van der Waals surface area contributed by atoms with E-state index in [1.165, 1.54) is 58.2 Å². The molecule has 0 bridgehead atoms. The van der Waals surface area contributed by atoms with Gasteiger partial charge in [-0.3, -0.25) is 4.90 Å². The van der Waals surface area contributed by atoms with Crippen LogP contribution in [0, 0.1) is 5.92 Å². The topological polar surface area (TPSA) is 24.5 Å². The molecule has 20 heavy (non-hydrogen) atoms. The maximum Gasteiger partial charge on any atom is 0.0478 e. The molecule has 2 fully saturated rings. The number of nitrogens with one attached hydrogen (secondary N) is 1. The molecule has 2 rings (SSSR count). The van der Waals surface area contributed by atoms with Crippen molar-refractivity contribution in [2.45, 2.75) is 70.9 Å². The fraction of sp³-hybridized carbons (Fsp3) is 1.00. The molecule has 0 aromatic heterocycles. The van der Waals surface area contributed by atoms with Crippen molar-refractivity contribution in [2.24, 2.45) is 5.92 Å². The quantitative estimate of drug-likeness (QED) is 0.726. The van der Waals surface area contributed by atoms with Crippen LogP contribution in [-0.2, 0) is 4.74 Å². The van der Waals surface area contributed by atoms with Crippen molar-refractivity contribution in [1.29, 1.82) is 0 Å². The first kappa shape index (κ1) is 16.3. The summed E-state index contributed by atoms with van der Waals surface area (Å²) in [6.45, 7) is 12.2. The fourth-order valence-corrected chi connectivity index (χ4v) is 3.95. The van der Waals surface area contributed by atoms with Crippen LogP contribution in [0.3, 0.4) is 0 Å². The molecule has 118 valence electrons. The van der Waals surface area contributed by atoms with Crippen molar-refractivity contribution in [1.82, 2.24) is 10.2 Å². The van der Waals surface area contributed by atoms with Crippen LogP contribution in [0.5, 0.6) is 0 Å². The van der Waals surface area contributed by atoms with Crippen LogP contribution in [0.4, 0.5) is 0 Å². The lowest BCUT2D eigenvalue weighted by Crippen LogP contribution is -2.64. The van der Waals surface area contributed by atoms with Gasteiger partial charge in [-0.15, -0.1) is 0 Å². The molecule has 1 aliphatic heterocycles. The molecule has 1 saturated carbocycles. The number of piperazine rings is 1. The highest BCUT2D eigenvalue weighted by Crippen LogP contribution is 2.37. The van der Waals surface area contributed by atoms with E-state index in [0.29, 0.717) is 11.6 Å². The summed E-state index contributed by atoms with van der Waals surface area (Å²) >= 11 is 0. The number of hydrogen-bond acceptors (Lipinski definition) is 3. The molecule has 2 aliphatic rings. The molecule has 1 saturated heterocycles. The van der Waals surface area contributed by atoms with E-state index in [-0.39, 0.29) is 0 Å². The molecule has 1 aliphatic carbocycles. The van der Waals surface area contributed by atoms with Crippen LogP contribution < -0.4 is 5.32 Å². The maximum atomic E-state index is 5.53. The van der Waals surface area contributed by atoms with Crippen LogP contribution in [0.1, 0.15) is 59.3 Å². The van der Waals surface area contributed by atoms with Crippen molar-refractivity contribution < 1.29 is 4.74 Å². The summed E-state index contributed by atoms with van der Waals surface area (Å²) < 4.78 is 5.53. The van der Waals surface area contributed by atoms with Gasteiger partial charge in [-0.05, 0) is 32.1 Å². The Morgan fingerprint density at radius 3 is 2.70 bits per heavy atom. The summed E-state index contributed by atoms with van der Waals surface area (Å²) in [6, 6.07) is 0.679. The van der Waals surface area contributed by atoms with Gasteiger partial charge in [-0.1, -0.05) is 33.1 Å². The zero-order valence-corrected chi connectivity index (χ0v) is 13.8. The zero-order chi connectivity index (χ0) is 14.4. The zero-order valence-electron chi connectivity index (χ0n) is 13.8. The standard InChI is InChI=1S/C17H34N2O/c1-4-15(3)16-13-19(11-8-12-20-5-2)17(14-18-16)9-6-7-10-17/h15-16,18H,4-14H2,1-3H3. The highest BCUT2D eigenvalue weighted by molar-refractivity contribution is 5.02. The second-order valence-corrected chi connectivity index (χ2v) is 6.80. The van der Waals surface area contributed by atoms with Gasteiger partial charge in [-0.25, -0.2) is 0 Å². The number of rotatable bonds is 7. The molecule has 0 amide bonds. The van der Waals surface area contributed by atoms with E-state index in [4.69, 9.17) is 4.74 Å². The van der Waals surface area contributed by atoms with E-state index < -0.39 is 0 Å². The van der Waals surface area contributed by atoms with E-state index in [2.05, 4.69) is 31.0 Å². The SMILES string of the molecule is CCOCCCN1CC(C(C)CC)NCC12CCCC2. The Bertz CT molecular complexity index is 276. The van der Waals surface area contributed by atoms with E-state index in [1.54, 1.807) is 0 Å². The van der Waals surface area contributed by atoms with Crippen LogP contribution in [-0.4, -0.2) is 49.3 Å². The lowest BCUT2D eigenvalue weighted by molar-refractivity contribution is 0.0221. The average Bonchev–Trinajstić information content (AvgIpc) is 2.94. The van der Waals surface area contributed by atoms with Gasteiger partial charge in [0, 0.05) is 44.4 Å². The molecular formula is C17H34N2O. The molecule has 2 unspecified atom stereocenters. The van der Waals surface area contributed by atoms with Crippen LogP contribution in [0.25, 0.3) is 0 Å². The van der Waals surface area contributed by atoms with Gasteiger partial charge in [0.15, 0.2) is 0 Å². The largest absolute Gasteiger partial charge is 0.382 e. The summed E-state index contributed by atoms with van der Waals surface area (Å²) in [7, 11) is 0. The maximum absolute atomic E-state index is 5.53. The minimum absolute atomic E-state index is 0.468. The van der Waals surface area contributed by atoms with Gasteiger partial charge < -0.3 is 10.1 Å². The highest BCUT2D eigenvalue weighted by atomic mass is 16.5. The minimum atomic E-state index is 0.468. The summed E-state index contributed by atoms with van der Waals surface area (Å²) in [4.78, 5) is 2.81. The average molecular weight is 282 g/mol. The van der Waals surface area contributed by atoms with Gasteiger partial charge in [0.05, 0.1) is 0 Å². The Balaban J connectivity index is 1.92. The van der Waals surface area contributed by atoms with Gasteiger partial charge >= 0.3 is 0 Å². The van der Waals surface area contributed by atoms with Crippen LogP contribution >= 0.6 is 0 Å². The first-order chi connectivity index (χ1) is 9.72. The van der Waals surface area contributed by atoms with E-state index in [1.807, 2.05) is 0 Å².